The molecular formula is C9H12N6O3. The minimum atomic E-state index is -1.13. The summed E-state index contributed by atoms with van der Waals surface area (Å²) in [4.78, 5) is 11.0. The second kappa shape index (κ2) is 4.92. The van der Waals surface area contributed by atoms with E-state index in [0.29, 0.717) is 11.5 Å². The van der Waals surface area contributed by atoms with E-state index in [1.165, 1.54) is 11.8 Å². The minimum absolute atomic E-state index is 0.112. The van der Waals surface area contributed by atoms with Gasteiger partial charge in [0, 0.05) is 14.2 Å². The van der Waals surface area contributed by atoms with E-state index in [-0.39, 0.29) is 18.8 Å². The van der Waals surface area contributed by atoms with Crippen LogP contribution < -0.4 is 0 Å². The summed E-state index contributed by atoms with van der Waals surface area (Å²) >= 11 is 0. The van der Waals surface area contributed by atoms with Crippen molar-refractivity contribution < 1.29 is 14.6 Å². The van der Waals surface area contributed by atoms with Gasteiger partial charge in [-0.1, -0.05) is 5.21 Å². The number of nitrogens with zero attached hydrogens (tertiary/aromatic N) is 6. The van der Waals surface area contributed by atoms with Crippen LogP contribution in [0, 0.1) is 0 Å². The van der Waals surface area contributed by atoms with Gasteiger partial charge in [0.05, 0.1) is 12.3 Å². The van der Waals surface area contributed by atoms with Crippen LogP contribution >= 0.6 is 0 Å². The van der Waals surface area contributed by atoms with Gasteiger partial charge in [-0.2, -0.15) is 0 Å². The molecule has 9 heteroatoms. The molecule has 0 atom stereocenters. The van der Waals surface area contributed by atoms with E-state index in [4.69, 9.17) is 9.84 Å². The van der Waals surface area contributed by atoms with Gasteiger partial charge in [0.1, 0.15) is 12.9 Å². The van der Waals surface area contributed by atoms with Gasteiger partial charge in [-0.05, 0) is 0 Å². The Morgan fingerprint density at radius 2 is 2.28 bits per heavy atom. The first-order valence-corrected chi connectivity index (χ1v) is 5.11. The van der Waals surface area contributed by atoms with Crippen molar-refractivity contribution in [2.45, 2.75) is 13.2 Å². The molecule has 0 spiro atoms. The predicted octanol–water partition coefficient (Wildman–Crippen LogP) is -0.701. The van der Waals surface area contributed by atoms with Crippen LogP contribution in [0.5, 0.6) is 0 Å². The second-order valence-electron chi connectivity index (χ2n) is 3.64. The van der Waals surface area contributed by atoms with Crippen molar-refractivity contribution in [2.24, 2.45) is 7.05 Å². The van der Waals surface area contributed by atoms with Gasteiger partial charge in [-0.3, -0.25) is 0 Å². The number of aryl methyl sites for hydroxylation is 1. The van der Waals surface area contributed by atoms with E-state index in [1.54, 1.807) is 17.9 Å². The molecule has 2 aromatic rings. The van der Waals surface area contributed by atoms with Crippen LogP contribution in [-0.2, 0) is 24.9 Å². The van der Waals surface area contributed by atoms with Crippen molar-refractivity contribution in [1.29, 1.82) is 0 Å². The molecule has 1 N–H and O–H groups in total. The van der Waals surface area contributed by atoms with Crippen LogP contribution in [-0.4, -0.2) is 47.9 Å². The Kier molecular flexibility index (Phi) is 3.33. The third kappa shape index (κ3) is 2.20. The van der Waals surface area contributed by atoms with Crippen LogP contribution in [0.4, 0.5) is 0 Å². The molecule has 2 rings (SSSR count). The standard InChI is InChI=1S/C9H12N6O3/c1-14-5-10-11-7(14)3-15-6(4-18-2)8(9(16)17)12-13-15/h5H,3-4H2,1-2H3,(H,16,17). The van der Waals surface area contributed by atoms with Crippen molar-refractivity contribution in [3.63, 3.8) is 0 Å². The summed E-state index contributed by atoms with van der Waals surface area (Å²) in [6.45, 7) is 0.405. The molecule has 0 aliphatic carbocycles. The molecule has 0 aliphatic rings. The zero-order chi connectivity index (χ0) is 13.1. The quantitative estimate of drug-likeness (QED) is 0.749. The van der Waals surface area contributed by atoms with Gasteiger partial charge < -0.3 is 14.4 Å². The molecule has 2 aromatic heterocycles. The number of aromatic nitrogens is 6. The summed E-state index contributed by atoms with van der Waals surface area (Å²) in [5.41, 5.74) is 0.284. The van der Waals surface area contributed by atoms with E-state index in [0.717, 1.165) is 0 Å². The zero-order valence-corrected chi connectivity index (χ0v) is 9.94. The Hall–Kier alpha value is -2.29. The minimum Gasteiger partial charge on any atom is -0.476 e. The molecule has 0 saturated heterocycles. The van der Waals surface area contributed by atoms with Crippen molar-refractivity contribution in [1.82, 2.24) is 29.8 Å². The van der Waals surface area contributed by atoms with E-state index < -0.39 is 5.97 Å². The third-order valence-corrected chi connectivity index (χ3v) is 2.42. The van der Waals surface area contributed by atoms with Gasteiger partial charge in [0.15, 0.2) is 11.5 Å². The molecule has 0 aromatic carbocycles. The highest BCUT2D eigenvalue weighted by atomic mass is 16.5. The van der Waals surface area contributed by atoms with Gasteiger partial charge in [-0.25, -0.2) is 9.48 Å². The maximum absolute atomic E-state index is 11.0. The lowest BCUT2D eigenvalue weighted by atomic mass is 10.3. The maximum Gasteiger partial charge on any atom is 0.358 e. The first kappa shape index (κ1) is 12.2. The fraction of sp³-hybridized carbons (Fsp3) is 0.444. The Bertz CT molecular complexity index is 560. The Balaban J connectivity index is 2.33. The molecule has 0 unspecified atom stereocenters. The summed E-state index contributed by atoms with van der Waals surface area (Å²) < 4.78 is 8.12. The summed E-state index contributed by atoms with van der Waals surface area (Å²) in [7, 11) is 3.27. The Labute approximate surface area is 102 Å². The number of methoxy groups -OCH3 is 1. The molecule has 0 bridgehead atoms. The number of rotatable bonds is 5. The Morgan fingerprint density at radius 1 is 1.50 bits per heavy atom. The smallest absolute Gasteiger partial charge is 0.358 e. The average Bonchev–Trinajstić information content (AvgIpc) is 2.89. The maximum atomic E-state index is 11.0. The number of carboxylic acid groups (broad SMARTS) is 1. The van der Waals surface area contributed by atoms with Crippen molar-refractivity contribution in [2.75, 3.05) is 7.11 Å². The lowest BCUT2D eigenvalue weighted by Gasteiger charge is -2.05. The molecular weight excluding hydrogens is 240 g/mol. The number of carboxylic acids is 1. The summed E-state index contributed by atoms with van der Waals surface area (Å²) in [6.07, 6.45) is 1.56. The van der Waals surface area contributed by atoms with Gasteiger partial charge in [0.2, 0.25) is 0 Å². The van der Waals surface area contributed by atoms with E-state index >= 15 is 0 Å². The van der Waals surface area contributed by atoms with Crippen molar-refractivity contribution in [3.05, 3.63) is 23.5 Å². The monoisotopic (exact) mass is 252 g/mol. The van der Waals surface area contributed by atoms with Gasteiger partial charge in [-0.15, -0.1) is 15.3 Å². The number of hydrogen-bond acceptors (Lipinski definition) is 6. The molecule has 0 fully saturated rings. The van der Waals surface area contributed by atoms with Gasteiger partial charge >= 0.3 is 5.97 Å². The largest absolute Gasteiger partial charge is 0.476 e. The molecule has 9 nitrogen and oxygen atoms in total. The number of carbonyl (C=O) groups is 1. The van der Waals surface area contributed by atoms with E-state index in [9.17, 15) is 4.79 Å². The molecule has 0 saturated carbocycles. The molecule has 18 heavy (non-hydrogen) atoms. The molecule has 0 radical (unpaired) electrons. The fourth-order valence-electron chi connectivity index (χ4n) is 1.49. The van der Waals surface area contributed by atoms with Crippen molar-refractivity contribution in [3.8, 4) is 0 Å². The first-order chi connectivity index (χ1) is 8.63. The van der Waals surface area contributed by atoms with Crippen LogP contribution in [0.25, 0.3) is 0 Å². The summed E-state index contributed by atoms with van der Waals surface area (Å²) in [5, 5.41) is 24.0. The number of hydrogen-bond donors (Lipinski definition) is 1. The zero-order valence-electron chi connectivity index (χ0n) is 9.94. The second-order valence-corrected chi connectivity index (χ2v) is 3.64. The first-order valence-electron chi connectivity index (χ1n) is 5.11. The highest BCUT2D eigenvalue weighted by Crippen LogP contribution is 2.09. The van der Waals surface area contributed by atoms with E-state index in [2.05, 4.69) is 20.5 Å². The summed E-state index contributed by atoms with van der Waals surface area (Å²) in [6, 6.07) is 0. The van der Waals surface area contributed by atoms with Crippen LogP contribution in [0.15, 0.2) is 6.33 Å². The lowest BCUT2D eigenvalue weighted by molar-refractivity contribution is 0.0684. The predicted molar refractivity (Wildman–Crippen MR) is 57.8 cm³/mol. The molecule has 0 amide bonds. The molecule has 0 aliphatic heterocycles. The van der Waals surface area contributed by atoms with Crippen LogP contribution in [0.3, 0.4) is 0 Å². The molecule has 2 heterocycles. The number of ether oxygens (including phenoxy) is 1. The van der Waals surface area contributed by atoms with Gasteiger partial charge in [0.25, 0.3) is 0 Å². The van der Waals surface area contributed by atoms with Crippen LogP contribution in [0.1, 0.15) is 22.0 Å². The summed E-state index contributed by atoms with van der Waals surface area (Å²) in [5.74, 6) is -0.486. The topological polar surface area (TPSA) is 108 Å². The van der Waals surface area contributed by atoms with E-state index in [1.807, 2.05) is 0 Å². The van der Waals surface area contributed by atoms with Crippen molar-refractivity contribution >= 4 is 5.97 Å². The average molecular weight is 252 g/mol. The lowest BCUT2D eigenvalue weighted by Crippen LogP contribution is -2.12. The van der Waals surface area contributed by atoms with Crippen LogP contribution in [0.2, 0.25) is 0 Å². The fourth-order valence-corrected chi connectivity index (χ4v) is 1.49. The molecule has 96 valence electrons. The number of aromatic carboxylic acids is 1. The third-order valence-electron chi connectivity index (χ3n) is 2.42. The highest BCUT2D eigenvalue weighted by molar-refractivity contribution is 5.86. The SMILES string of the molecule is COCc1c(C(=O)O)nnn1Cc1nncn1C. The highest BCUT2D eigenvalue weighted by Gasteiger charge is 2.19. The Morgan fingerprint density at radius 3 is 2.83 bits per heavy atom. The normalized spacial score (nSPS) is 10.8.